The molecule has 2 bridgehead atoms. The van der Waals surface area contributed by atoms with E-state index in [4.69, 9.17) is 9.47 Å². The Labute approximate surface area is 265 Å². The van der Waals surface area contributed by atoms with Gasteiger partial charge in [0.1, 0.15) is 0 Å². The molecule has 0 saturated carbocycles. The van der Waals surface area contributed by atoms with Gasteiger partial charge in [0, 0.05) is 17.5 Å². The second-order valence-corrected chi connectivity index (χ2v) is 11.7. The highest BCUT2D eigenvalue weighted by Crippen LogP contribution is 2.61. The molecule has 9 nitrogen and oxygen atoms in total. The van der Waals surface area contributed by atoms with E-state index >= 15 is 0 Å². The van der Waals surface area contributed by atoms with Crippen LogP contribution in [0.5, 0.6) is 0 Å². The van der Waals surface area contributed by atoms with Crippen molar-refractivity contribution < 1.29 is 33.4 Å². The summed E-state index contributed by atoms with van der Waals surface area (Å²) in [6.07, 6.45) is 0.712. The Bertz CT molecular complexity index is 1780. The van der Waals surface area contributed by atoms with Crippen molar-refractivity contribution in [3.8, 4) is 0 Å². The molecular weight excluding hydrogens is 584 g/mol. The first kappa shape index (κ1) is 29.2. The number of imide groups is 1. The molecule has 4 aliphatic rings. The molecule has 1 fully saturated rings. The molecule has 0 unspecified atom stereocenters. The van der Waals surface area contributed by atoms with Crippen LogP contribution in [0, 0.1) is 11.8 Å². The van der Waals surface area contributed by atoms with Gasteiger partial charge in [0.25, 0.3) is 5.91 Å². The van der Waals surface area contributed by atoms with Gasteiger partial charge in [-0.1, -0.05) is 61.5 Å². The molecule has 9 heteroatoms. The van der Waals surface area contributed by atoms with Crippen LogP contribution in [0.4, 0.5) is 11.4 Å². The van der Waals surface area contributed by atoms with Crippen molar-refractivity contribution in [3.05, 3.63) is 130 Å². The van der Waals surface area contributed by atoms with Crippen molar-refractivity contribution in [3.63, 3.8) is 0 Å². The van der Waals surface area contributed by atoms with E-state index in [1.807, 2.05) is 55.5 Å². The summed E-state index contributed by atoms with van der Waals surface area (Å²) >= 11 is 0. The van der Waals surface area contributed by atoms with E-state index in [1.165, 1.54) is 29.2 Å². The van der Waals surface area contributed by atoms with Gasteiger partial charge in [0.15, 0.2) is 6.61 Å². The van der Waals surface area contributed by atoms with Crippen LogP contribution in [0.2, 0.25) is 0 Å². The molecule has 1 N–H and O–H groups in total. The number of anilines is 2. The minimum atomic E-state index is -0.776. The number of ether oxygens (including phenoxy) is 2. The first-order valence-corrected chi connectivity index (χ1v) is 15.3. The van der Waals surface area contributed by atoms with Gasteiger partial charge < -0.3 is 14.8 Å². The molecule has 1 heterocycles. The standard InChI is InChI=1S/C37H30N2O7/c1-2-18-45-36(43)21-14-16-23(17-15-21)38-29(40)20-46-37(44)22-8-7-9-24(19-22)39-34(41)32-30-25-10-3-4-11-26(25)31(33(32)35(39)42)28-13-6-5-12-27(28)30/h3-17,19,30-33H,2,18,20H2,1H3,(H,38,40)/t30?,31?,32-,33-/m0/s1. The Balaban J connectivity index is 1.05. The second kappa shape index (κ2) is 11.7. The zero-order valence-electron chi connectivity index (χ0n) is 25.0. The van der Waals surface area contributed by atoms with Crippen LogP contribution in [-0.4, -0.2) is 42.9 Å². The highest BCUT2D eigenvalue weighted by atomic mass is 16.5. The Hall–Kier alpha value is -5.57. The van der Waals surface area contributed by atoms with E-state index in [1.54, 1.807) is 24.3 Å². The summed E-state index contributed by atoms with van der Waals surface area (Å²) < 4.78 is 10.3. The second-order valence-electron chi connectivity index (χ2n) is 11.7. The van der Waals surface area contributed by atoms with Crippen LogP contribution in [-0.2, 0) is 23.9 Å². The van der Waals surface area contributed by atoms with Crippen LogP contribution in [0.1, 0.15) is 68.2 Å². The molecule has 0 aromatic heterocycles. The molecule has 0 spiro atoms. The Kier molecular flexibility index (Phi) is 7.44. The van der Waals surface area contributed by atoms with E-state index in [0.717, 1.165) is 22.3 Å². The summed E-state index contributed by atoms with van der Waals surface area (Å²) in [5.41, 5.74) is 5.48. The van der Waals surface area contributed by atoms with Gasteiger partial charge >= 0.3 is 11.9 Å². The lowest BCUT2D eigenvalue weighted by Gasteiger charge is -2.45. The normalized spacial score (nSPS) is 20.4. The minimum Gasteiger partial charge on any atom is -0.462 e. The predicted molar refractivity (Wildman–Crippen MR) is 168 cm³/mol. The third-order valence-corrected chi connectivity index (χ3v) is 8.96. The minimum absolute atomic E-state index is 0.102. The Morgan fingerprint density at radius 2 is 1.22 bits per heavy atom. The summed E-state index contributed by atoms with van der Waals surface area (Å²) in [6, 6.07) is 28.4. The quantitative estimate of drug-likeness (QED) is 0.207. The SMILES string of the molecule is CCCOC(=O)c1ccc(NC(=O)COC(=O)c2cccc(N3C(=O)[C@H]4C5c6ccccc6C(c6ccccc65)[C@@H]4C3=O)c2)cc1. The van der Waals surface area contributed by atoms with Crippen molar-refractivity contribution in [2.45, 2.75) is 25.2 Å². The van der Waals surface area contributed by atoms with Crippen LogP contribution < -0.4 is 10.2 Å². The lowest BCUT2D eigenvalue weighted by molar-refractivity contribution is -0.122. The number of carbonyl (C=O) groups excluding carboxylic acids is 5. The number of benzene rings is 4. The monoisotopic (exact) mass is 614 g/mol. The Morgan fingerprint density at radius 3 is 1.76 bits per heavy atom. The number of carbonyl (C=O) groups is 5. The molecule has 4 aromatic rings. The zero-order chi connectivity index (χ0) is 31.9. The number of nitrogens with one attached hydrogen (secondary N) is 1. The summed E-state index contributed by atoms with van der Waals surface area (Å²) in [7, 11) is 0. The fourth-order valence-electron chi connectivity index (χ4n) is 7.08. The van der Waals surface area contributed by atoms with Gasteiger partial charge in [-0.05, 0) is 71.1 Å². The van der Waals surface area contributed by atoms with Gasteiger partial charge in [-0.2, -0.15) is 0 Å². The number of amides is 3. The van der Waals surface area contributed by atoms with E-state index in [2.05, 4.69) is 5.32 Å². The van der Waals surface area contributed by atoms with Gasteiger partial charge in [0.2, 0.25) is 11.8 Å². The smallest absolute Gasteiger partial charge is 0.338 e. The third-order valence-electron chi connectivity index (χ3n) is 8.96. The summed E-state index contributed by atoms with van der Waals surface area (Å²) in [5.74, 6) is -3.93. The average molecular weight is 615 g/mol. The van der Waals surface area contributed by atoms with Gasteiger partial charge in [0.05, 0.1) is 35.3 Å². The lowest BCUT2D eigenvalue weighted by Crippen LogP contribution is -2.41. The molecule has 2 atom stereocenters. The van der Waals surface area contributed by atoms with Crippen LogP contribution in [0.15, 0.2) is 97.1 Å². The average Bonchev–Trinajstić information content (AvgIpc) is 3.36. The summed E-state index contributed by atoms with van der Waals surface area (Å²) in [6.45, 7) is 1.66. The zero-order valence-corrected chi connectivity index (χ0v) is 25.0. The number of hydrogen-bond acceptors (Lipinski definition) is 7. The Morgan fingerprint density at radius 1 is 0.674 bits per heavy atom. The summed E-state index contributed by atoms with van der Waals surface area (Å²) in [4.78, 5) is 66.7. The van der Waals surface area contributed by atoms with E-state index in [0.29, 0.717) is 24.3 Å². The molecule has 0 radical (unpaired) electrons. The first-order valence-electron chi connectivity index (χ1n) is 15.3. The highest BCUT2D eigenvalue weighted by Gasteiger charge is 2.61. The van der Waals surface area contributed by atoms with Gasteiger partial charge in [-0.25, -0.2) is 14.5 Å². The van der Waals surface area contributed by atoms with Crippen LogP contribution >= 0.6 is 0 Å². The topological polar surface area (TPSA) is 119 Å². The molecule has 3 amide bonds. The highest BCUT2D eigenvalue weighted by molar-refractivity contribution is 6.23. The maximum atomic E-state index is 14.0. The predicted octanol–water partition coefficient (Wildman–Crippen LogP) is 5.45. The maximum absolute atomic E-state index is 14.0. The summed E-state index contributed by atoms with van der Waals surface area (Å²) in [5, 5.41) is 2.62. The first-order chi connectivity index (χ1) is 22.4. The largest absolute Gasteiger partial charge is 0.462 e. The fraction of sp³-hybridized carbons (Fsp3) is 0.216. The van der Waals surface area contributed by atoms with E-state index in [-0.39, 0.29) is 34.9 Å². The molecule has 46 heavy (non-hydrogen) atoms. The molecule has 1 saturated heterocycles. The van der Waals surface area contributed by atoms with Crippen molar-refractivity contribution in [2.24, 2.45) is 11.8 Å². The molecule has 8 rings (SSSR count). The van der Waals surface area contributed by atoms with Crippen LogP contribution in [0.3, 0.4) is 0 Å². The van der Waals surface area contributed by atoms with Crippen molar-refractivity contribution >= 4 is 41.0 Å². The third kappa shape index (κ3) is 4.84. The molecule has 230 valence electrons. The van der Waals surface area contributed by atoms with Crippen LogP contribution in [0.25, 0.3) is 0 Å². The fourth-order valence-corrected chi connectivity index (χ4v) is 7.08. The number of hydrogen-bond donors (Lipinski definition) is 1. The van der Waals surface area contributed by atoms with Gasteiger partial charge in [-0.3, -0.25) is 14.4 Å². The number of nitrogens with zero attached hydrogens (tertiary/aromatic N) is 1. The number of rotatable bonds is 8. The number of esters is 2. The van der Waals surface area contributed by atoms with Crippen molar-refractivity contribution in [1.29, 1.82) is 0 Å². The van der Waals surface area contributed by atoms with Crippen molar-refractivity contribution in [2.75, 3.05) is 23.4 Å². The lowest BCUT2D eigenvalue weighted by atomic mass is 9.55. The molecule has 1 aliphatic heterocycles. The maximum Gasteiger partial charge on any atom is 0.338 e. The van der Waals surface area contributed by atoms with E-state index < -0.39 is 36.3 Å². The molecule has 3 aliphatic carbocycles. The molecular formula is C37H30N2O7. The van der Waals surface area contributed by atoms with Gasteiger partial charge in [-0.15, -0.1) is 0 Å². The van der Waals surface area contributed by atoms with E-state index in [9.17, 15) is 24.0 Å². The molecule has 4 aromatic carbocycles. The van der Waals surface area contributed by atoms with Crippen molar-refractivity contribution in [1.82, 2.24) is 0 Å².